The van der Waals surface area contributed by atoms with E-state index in [0.717, 1.165) is 11.1 Å². The molecular formula is C26H20Cl2N2O6. The Bertz CT molecular complexity index is 1420. The Labute approximate surface area is 216 Å². The third kappa shape index (κ3) is 5.67. The van der Waals surface area contributed by atoms with Gasteiger partial charge in [0, 0.05) is 12.1 Å². The van der Waals surface area contributed by atoms with Gasteiger partial charge in [0.15, 0.2) is 17.2 Å². The molecule has 0 aliphatic carbocycles. The smallest absolute Gasteiger partial charge is 0.363 e. The molecular weight excluding hydrogens is 507 g/mol. The molecule has 0 saturated carbocycles. The van der Waals surface area contributed by atoms with E-state index >= 15 is 0 Å². The average Bonchev–Trinajstić information content (AvgIpc) is 3.18. The van der Waals surface area contributed by atoms with Crippen molar-refractivity contribution in [2.24, 2.45) is 4.99 Å². The van der Waals surface area contributed by atoms with E-state index < -0.39 is 10.9 Å². The number of carbonyl (C=O) groups excluding carboxylic acids is 1. The molecule has 1 aliphatic heterocycles. The zero-order chi connectivity index (χ0) is 25.8. The van der Waals surface area contributed by atoms with Gasteiger partial charge < -0.3 is 14.2 Å². The number of non-ortho nitro benzene ring substituents is 1. The molecule has 0 amide bonds. The quantitative estimate of drug-likeness (QED) is 0.143. The van der Waals surface area contributed by atoms with Crippen molar-refractivity contribution in [1.29, 1.82) is 0 Å². The number of ether oxygens (including phenoxy) is 3. The minimum absolute atomic E-state index is 0.0282. The topological polar surface area (TPSA) is 100 Å². The lowest BCUT2D eigenvalue weighted by atomic mass is 10.1. The Kier molecular flexibility index (Phi) is 7.57. The SMILES string of the molecule is CCOc1cc(/C=C2\N=C(c3cc([N+](=O)[O-])ccc3Cl)OC2=O)cc(Cl)c1OCc1cccc(C)c1. The van der Waals surface area contributed by atoms with Gasteiger partial charge in [-0.1, -0.05) is 53.0 Å². The van der Waals surface area contributed by atoms with Gasteiger partial charge in [0.2, 0.25) is 5.90 Å². The number of halogens is 2. The normalized spacial score (nSPS) is 13.9. The zero-order valence-corrected chi connectivity index (χ0v) is 20.8. The molecule has 0 atom stereocenters. The predicted molar refractivity (Wildman–Crippen MR) is 137 cm³/mol. The molecule has 10 heteroatoms. The standard InChI is InChI=1S/C26H20Cl2N2O6/c1-3-34-23-12-17(10-21(28)24(23)35-14-16-6-4-5-15(2)9-16)11-22-26(31)36-25(29-22)19-13-18(30(32)33)7-8-20(19)27/h4-13H,3,14H2,1-2H3/b22-11-. The number of rotatable bonds is 8. The summed E-state index contributed by atoms with van der Waals surface area (Å²) in [4.78, 5) is 27.2. The first-order valence-electron chi connectivity index (χ1n) is 10.9. The van der Waals surface area contributed by atoms with E-state index in [9.17, 15) is 14.9 Å². The van der Waals surface area contributed by atoms with Crippen LogP contribution >= 0.6 is 23.2 Å². The number of aliphatic imine (C=N–C) groups is 1. The number of hydrogen-bond donors (Lipinski definition) is 0. The van der Waals surface area contributed by atoms with Gasteiger partial charge in [-0.2, -0.15) is 0 Å². The molecule has 1 aliphatic rings. The summed E-state index contributed by atoms with van der Waals surface area (Å²) in [6.07, 6.45) is 1.47. The Hall–Kier alpha value is -3.88. The maximum Gasteiger partial charge on any atom is 0.363 e. The number of cyclic esters (lactones) is 1. The number of aryl methyl sites for hydroxylation is 1. The van der Waals surface area contributed by atoms with Crippen LogP contribution in [0.3, 0.4) is 0 Å². The molecule has 0 saturated heterocycles. The van der Waals surface area contributed by atoms with Crippen LogP contribution in [0.15, 0.2) is 65.3 Å². The Balaban J connectivity index is 1.64. The lowest BCUT2D eigenvalue weighted by Crippen LogP contribution is -2.06. The van der Waals surface area contributed by atoms with Gasteiger partial charge in [-0.15, -0.1) is 0 Å². The van der Waals surface area contributed by atoms with E-state index in [2.05, 4.69) is 4.99 Å². The van der Waals surface area contributed by atoms with Crippen molar-refractivity contribution < 1.29 is 23.9 Å². The van der Waals surface area contributed by atoms with E-state index in [1.54, 1.807) is 12.1 Å². The molecule has 36 heavy (non-hydrogen) atoms. The van der Waals surface area contributed by atoms with Gasteiger partial charge in [-0.3, -0.25) is 10.1 Å². The maximum absolute atomic E-state index is 12.5. The van der Waals surface area contributed by atoms with Gasteiger partial charge in [-0.25, -0.2) is 9.79 Å². The molecule has 184 valence electrons. The van der Waals surface area contributed by atoms with E-state index in [1.165, 1.54) is 24.3 Å². The number of esters is 1. The van der Waals surface area contributed by atoms with Crippen molar-refractivity contribution in [3.05, 3.63) is 103 Å². The van der Waals surface area contributed by atoms with Gasteiger partial charge >= 0.3 is 5.97 Å². The van der Waals surface area contributed by atoms with Crippen LogP contribution in [-0.2, 0) is 16.1 Å². The van der Waals surface area contributed by atoms with E-state index in [1.807, 2.05) is 38.1 Å². The second kappa shape index (κ2) is 10.8. The van der Waals surface area contributed by atoms with Crippen molar-refractivity contribution in [1.82, 2.24) is 0 Å². The van der Waals surface area contributed by atoms with E-state index in [-0.39, 0.29) is 32.9 Å². The average molecular weight is 527 g/mol. The second-order valence-corrected chi connectivity index (χ2v) is 8.61. The highest BCUT2D eigenvalue weighted by atomic mass is 35.5. The summed E-state index contributed by atoms with van der Waals surface area (Å²) in [6, 6.07) is 15.0. The fraction of sp³-hybridized carbons (Fsp3) is 0.154. The first-order chi connectivity index (χ1) is 17.2. The number of nitrogens with zero attached hydrogens (tertiary/aromatic N) is 2. The molecule has 3 aromatic carbocycles. The minimum atomic E-state index is -0.735. The van der Waals surface area contributed by atoms with Crippen molar-refractivity contribution >= 4 is 46.8 Å². The van der Waals surface area contributed by atoms with Crippen LogP contribution in [-0.4, -0.2) is 23.4 Å². The fourth-order valence-corrected chi connectivity index (χ4v) is 3.98. The molecule has 4 rings (SSSR count). The number of benzene rings is 3. The minimum Gasteiger partial charge on any atom is -0.490 e. The van der Waals surface area contributed by atoms with Crippen LogP contribution in [0.2, 0.25) is 10.0 Å². The second-order valence-electron chi connectivity index (χ2n) is 7.80. The van der Waals surface area contributed by atoms with Crippen LogP contribution in [0.1, 0.15) is 29.2 Å². The Morgan fingerprint density at radius 2 is 1.89 bits per heavy atom. The summed E-state index contributed by atoms with van der Waals surface area (Å²) < 4.78 is 16.9. The molecule has 1 heterocycles. The highest BCUT2D eigenvalue weighted by Crippen LogP contribution is 2.38. The third-order valence-electron chi connectivity index (χ3n) is 5.11. The molecule has 3 aromatic rings. The number of nitro groups is 1. The fourth-order valence-electron chi connectivity index (χ4n) is 3.50. The van der Waals surface area contributed by atoms with Gasteiger partial charge in [0.25, 0.3) is 5.69 Å². The number of carbonyl (C=O) groups is 1. The summed E-state index contributed by atoms with van der Waals surface area (Å²) in [5.41, 5.74) is 2.52. The molecule has 8 nitrogen and oxygen atoms in total. The largest absolute Gasteiger partial charge is 0.490 e. The summed E-state index contributed by atoms with van der Waals surface area (Å²) in [7, 11) is 0. The van der Waals surface area contributed by atoms with Crippen molar-refractivity contribution in [2.75, 3.05) is 6.61 Å². The zero-order valence-electron chi connectivity index (χ0n) is 19.3. The molecule has 0 spiro atoms. The monoisotopic (exact) mass is 526 g/mol. The van der Waals surface area contributed by atoms with Crippen molar-refractivity contribution in [2.45, 2.75) is 20.5 Å². The summed E-state index contributed by atoms with van der Waals surface area (Å²) in [5, 5.41) is 11.6. The van der Waals surface area contributed by atoms with Gasteiger partial charge in [0.05, 0.1) is 27.1 Å². The highest BCUT2D eigenvalue weighted by Gasteiger charge is 2.27. The third-order valence-corrected chi connectivity index (χ3v) is 5.72. The van der Waals surface area contributed by atoms with Crippen molar-refractivity contribution in [3.63, 3.8) is 0 Å². The summed E-state index contributed by atoms with van der Waals surface area (Å²) in [6.45, 7) is 4.50. The molecule has 0 unspecified atom stereocenters. The van der Waals surface area contributed by atoms with E-state index in [0.29, 0.717) is 30.3 Å². The summed E-state index contributed by atoms with van der Waals surface area (Å²) in [5.74, 6) is -0.0823. The van der Waals surface area contributed by atoms with E-state index in [4.69, 9.17) is 37.4 Å². The van der Waals surface area contributed by atoms with Crippen LogP contribution in [0.5, 0.6) is 11.5 Å². The number of nitro benzene ring substituents is 1. The maximum atomic E-state index is 12.5. The molecule has 0 fully saturated rings. The Morgan fingerprint density at radius 1 is 1.08 bits per heavy atom. The van der Waals surface area contributed by atoms with Gasteiger partial charge in [-0.05, 0) is 49.2 Å². The molecule has 0 aromatic heterocycles. The van der Waals surface area contributed by atoms with Crippen LogP contribution in [0.25, 0.3) is 6.08 Å². The van der Waals surface area contributed by atoms with Gasteiger partial charge in [0.1, 0.15) is 6.61 Å². The molecule has 0 N–H and O–H groups in total. The highest BCUT2D eigenvalue weighted by molar-refractivity contribution is 6.34. The first-order valence-corrected chi connectivity index (χ1v) is 11.6. The first kappa shape index (κ1) is 25.2. The lowest BCUT2D eigenvalue weighted by molar-refractivity contribution is -0.384. The van der Waals surface area contributed by atoms with Crippen LogP contribution < -0.4 is 9.47 Å². The van der Waals surface area contributed by atoms with Crippen molar-refractivity contribution in [3.8, 4) is 11.5 Å². The molecule has 0 radical (unpaired) electrons. The lowest BCUT2D eigenvalue weighted by Gasteiger charge is -2.15. The molecule has 0 bridgehead atoms. The van der Waals surface area contributed by atoms with Crippen LogP contribution in [0.4, 0.5) is 5.69 Å². The van der Waals surface area contributed by atoms with Crippen LogP contribution in [0, 0.1) is 17.0 Å². The Morgan fingerprint density at radius 3 is 2.61 bits per heavy atom. The summed E-state index contributed by atoms with van der Waals surface area (Å²) >= 11 is 12.7. The predicted octanol–water partition coefficient (Wildman–Crippen LogP) is 6.53. The number of hydrogen-bond acceptors (Lipinski definition) is 7.